The average molecular weight is 448 g/mol. The number of carbonyl (C=O) groups is 5. The molecule has 172 valence electrons. The number of thiol groups is 1. The smallest absolute Gasteiger partial charge is 0.327 e. The van der Waals surface area contributed by atoms with Gasteiger partial charge in [-0.3, -0.25) is 19.2 Å². The molecule has 0 aromatic rings. The van der Waals surface area contributed by atoms with Crippen LogP contribution in [0.15, 0.2) is 0 Å². The number of nitrogens with one attached hydrogen (secondary N) is 3. The van der Waals surface area contributed by atoms with Gasteiger partial charge < -0.3 is 32.5 Å². The molecule has 0 aliphatic heterocycles. The van der Waals surface area contributed by atoms with Crippen molar-refractivity contribution in [3.8, 4) is 0 Å². The first-order valence-corrected chi connectivity index (χ1v) is 10.2. The number of rotatable bonds is 13. The Balaban J connectivity index is 5.45. The van der Waals surface area contributed by atoms with Crippen molar-refractivity contribution in [2.45, 2.75) is 64.7 Å². The van der Waals surface area contributed by atoms with Crippen LogP contribution in [0.1, 0.15) is 40.5 Å². The van der Waals surface area contributed by atoms with Gasteiger partial charge in [-0.05, 0) is 18.3 Å². The molecule has 12 heteroatoms. The molecule has 0 aliphatic rings. The summed E-state index contributed by atoms with van der Waals surface area (Å²) in [6.07, 6.45) is -0.300. The summed E-state index contributed by atoms with van der Waals surface area (Å²) < 4.78 is 0. The number of nitrogens with two attached hydrogens (primary N) is 2. The molecule has 0 bridgehead atoms. The number of carboxylic acid groups (broad SMARTS) is 1. The summed E-state index contributed by atoms with van der Waals surface area (Å²) in [5.74, 6) is -4.69. The maximum atomic E-state index is 12.8. The molecule has 0 aliphatic carbocycles. The molecule has 0 saturated heterocycles. The Morgan fingerprint density at radius 3 is 1.73 bits per heavy atom. The summed E-state index contributed by atoms with van der Waals surface area (Å²) in [6.45, 7) is 7.20. The van der Waals surface area contributed by atoms with Crippen molar-refractivity contribution in [1.29, 1.82) is 0 Å². The van der Waals surface area contributed by atoms with E-state index in [0.717, 1.165) is 0 Å². The highest BCUT2D eigenvalue weighted by molar-refractivity contribution is 7.80. The van der Waals surface area contributed by atoms with Gasteiger partial charge in [0.2, 0.25) is 23.6 Å². The number of aliphatic carboxylic acids is 1. The Morgan fingerprint density at radius 2 is 1.33 bits per heavy atom. The SMILES string of the molecule is CC(C)CC(NC(=O)C(N)C(C)C)C(=O)NC(CC(N)=O)C(=O)NC(CS)C(=O)O. The molecule has 0 radical (unpaired) electrons. The molecule has 0 heterocycles. The maximum absolute atomic E-state index is 12.8. The molecule has 11 nitrogen and oxygen atoms in total. The van der Waals surface area contributed by atoms with E-state index in [9.17, 15) is 24.0 Å². The number of amides is 4. The second-order valence-corrected chi connectivity index (χ2v) is 8.14. The van der Waals surface area contributed by atoms with Crippen molar-refractivity contribution in [2.75, 3.05) is 5.75 Å². The van der Waals surface area contributed by atoms with Gasteiger partial charge in [-0.2, -0.15) is 12.6 Å². The standard InChI is InChI=1S/C18H33N5O6S/c1-8(2)5-10(22-17(27)14(20)9(3)4)15(25)21-11(6-13(19)24)16(26)23-12(7-30)18(28)29/h8-12,14,30H,5-7,20H2,1-4H3,(H2,19,24)(H,21,25)(H,22,27)(H,23,26)(H,28,29). The first-order valence-electron chi connectivity index (χ1n) is 9.58. The second kappa shape index (κ2) is 13.1. The van der Waals surface area contributed by atoms with Gasteiger partial charge in [-0.1, -0.05) is 27.7 Å². The van der Waals surface area contributed by atoms with E-state index in [2.05, 4.69) is 28.6 Å². The minimum absolute atomic E-state index is 0.0142. The van der Waals surface area contributed by atoms with Crippen molar-refractivity contribution >= 4 is 42.2 Å². The molecule has 0 spiro atoms. The topological polar surface area (TPSA) is 194 Å². The third-order valence-electron chi connectivity index (χ3n) is 4.20. The van der Waals surface area contributed by atoms with Gasteiger partial charge >= 0.3 is 5.97 Å². The highest BCUT2D eigenvalue weighted by Crippen LogP contribution is 2.08. The fraction of sp³-hybridized carbons (Fsp3) is 0.722. The van der Waals surface area contributed by atoms with E-state index in [1.54, 1.807) is 13.8 Å². The van der Waals surface area contributed by atoms with Gasteiger partial charge in [0.1, 0.15) is 18.1 Å². The van der Waals surface area contributed by atoms with Gasteiger partial charge in [0.25, 0.3) is 0 Å². The Labute approximate surface area is 181 Å². The summed E-state index contributed by atoms with van der Waals surface area (Å²) in [5.41, 5.74) is 11.0. The number of hydrogen-bond donors (Lipinski definition) is 7. The third kappa shape index (κ3) is 9.92. The Kier molecular flexibility index (Phi) is 12.0. The van der Waals surface area contributed by atoms with Crippen LogP contribution in [0.2, 0.25) is 0 Å². The zero-order chi connectivity index (χ0) is 23.6. The van der Waals surface area contributed by atoms with Crippen molar-refractivity contribution in [1.82, 2.24) is 16.0 Å². The highest BCUT2D eigenvalue weighted by Gasteiger charge is 2.31. The van der Waals surface area contributed by atoms with E-state index in [1.165, 1.54) is 0 Å². The van der Waals surface area contributed by atoms with Crippen LogP contribution >= 0.6 is 12.6 Å². The molecule has 0 rings (SSSR count). The van der Waals surface area contributed by atoms with E-state index in [1.807, 2.05) is 13.8 Å². The molecule has 30 heavy (non-hydrogen) atoms. The lowest BCUT2D eigenvalue weighted by Gasteiger charge is -2.26. The predicted molar refractivity (Wildman–Crippen MR) is 113 cm³/mol. The monoisotopic (exact) mass is 447 g/mol. The molecule has 0 aromatic heterocycles. The minimum atomic E-state index is -1.41. The molecule has 0 saturated carbocycles. The Hall–Kier alpha value is -2.34. The minimum Gasteiger partial charge on any atom is -0.480 e. The first kappa shape index (κ1) is 27.7. The third-order valence-corrected chi connectivity index (χ3v) is 4.56. The van der Waals surface area contributed by atoms with Crippen LogP contribution in [0.3, 0.4) is 0 Å². The van der Waals surface area contributed by atoms with E-state index >= 15 is 0 Å². The average Bonchev–Trinajstić information content (AvgIpc) is 2.62. The van der Waals surface area contributed by atoms with Crippen LogP contribution in [0, 0.1) is 11.8 Å². The van der Waals surface area contributed by atoms with Crippen molar-refractivity contribution in [3.63, 3.8) is 0 Å². The number of primary amides is 1. The molecule has 0 aromatic carbocycles. The zero-order valence-corrected chi connectivity index (χ0v) is 18.6. The van der Waals surface area contributed by atoms with Crippen molar-refractivity contribution < 1.29 is 29.1 Å². The predicted octanol–water partition coefficient (Wildman–Crippen LogP) is -1.64. The second-order valence-electron chi connectivity index (χ2n) is 7.77. The largest absolute Gasteiger partial charge is 0.480 e. The van der Waals surface area contributed by atoms with Crippen LogP contribution in [-0.2, 0) is 24.0 Å². The van der Waals surface area contributed by atoms with E-state index < -0.39 is 60.2 Å². The fourth-order valence-corrected chi connectivity index (χ4v) is 2.66. The molecule has 8 N–H and O–H groups in total. The summed E-state index contributed by atoms with van der Waals surface area (Å²) in [5, 5.41) is 16.2. The molecule has 4 amide bonds. The first-order chi connectivity index (χ1) is 13.8. The fourth-order valence-electron chi connectivity index (χ4n) is 2.41. The number of hydrogen-bond acceptors (Lipinski definition) is 7. The quantitative estimate of drug-likeness (QED) is 0.164. The van der Waals surface area contributed by atoms with Crippen molar-refractivity contribution in [2.24, 2.45) is 23.3 Å². The number of carboxylic acids is 1. The van der Waals surface area contributed by atoms with Gasteiger partial charge in [0, 0.05) is 5.75 Å². The Bertz CT molecular complexity index is 643. The van der Waals surface area contributed by atoms with E-state index in [-0.39, 0.29) is 24.0 Å². The number of carbonyl (C=O) groups excluding carboxylic acids is 4. The van der Waals surface area contributed by atoms with Crippen LogP contribution in [0.25, 0.3) is 0 Å². The lowest BCUT2D eigenvalue weighted by atomic mass is 10.00. The Morgan fingerprint density at radius 1 is 0.867 bits per heavy atom. The summed E-state index contributed by atoms with van der Waals surface area (Å²) in [6, 6.07) is -4.57. The van der Waals surface area contributed by atoms with Gasteiger partial charge in [-0.25, -0.2) is 4.79 Å². The van der Waals surface area contributed by atoms with E-state index in [4.69, 9.17) is 16.6 Å². The lowest BCUT2D eigenvalue weighted by molar-refractivity contribution is -0.141. The van der Waals surface area contributed by atoms with Gasteiger partial charge in [0.05, 0.1) is 12.5 Å². The highest BCUT2D eigenvalue weighted by atomic mass is 32.1. The lowest BCUT2D eigenvalue weighted by Crippen LogP contribution is -2.58. The molecular formula is C18H33N5O6S. The van der Waals surface area contributed by atoms with Gasteiger partial charge in [-0.15, -0.1) is 0 Å². The zero-order valence-electron chi connectivity index (χ0n) is 17.7. The molecule has 4 unspecified atom stereocenters. The van der Waals surface area contributed by atoms with Crippen LogP contribution in [0.4, 0.5) is 0 Å². The summed E-state index contributed by atoms with van der Waals surface area (Å²) in [7, 11) is 0. The maximum Gasteiger partial charge on any atom is 0.327 e. The molecule has 0 fully saturated rings. The normalized spacial score (nSPS) is 15.1. The summed E-state index contributed by atoms with van der Waals surface area (Å²) in [4.78, 5) is 59.9. The molecule has 4 atom stereocenters. The van der Waals surface area contributed by atoms with Crippen molar-refractivity contribution in [3.05, 3.63) is 0 Å². The van der Waals surface area contributed by atoms with Crippen LogP contribution in [0.5, 0.6) is 0 Å². The van der Waals surface area contributed by atoms with E-state index in [0.29, 0.717) is 0 Å². The van der Waals surface area contributed by atoms with Crippen LogP contribution in [-0.4, -0.2) is 64.6 Å². The van der Waals surface area contributed by atoms with Crippen LogP contribution < -0.4 is 27.4 Å². The summed E-state index contributed by atoms with van der Waals surface area (Å²) >= 11 is 3.85. The molecular weight excluding hydrogens is 414 g/mol. The van der Waals surface area contributed by atoms with Gasteiger partial charge in [0.15, 0.2) is 0 Å².